The van der Waals surface area contributed by atoms with Crippen molar-refractivity contribution >= 4 is 5.82 Å². The maximum atomic E-state index is 6.11. The van der Waals surface area contributed by atoms with Gasteiger partial charge in [-0.15, -0.1) is 0 Å². The minimum absolute atomic E-state index is 0.424. The number of nitrogen functional groups attached to an aromatic ring is 1. The van der Waals surface area contributed by atoms with E-state index in [0.717, 1.165) is 11.1 Å². The monoisotopic (exact) mass is 239 g/mol. The van der Waals surface area contributed by atoms with Gasteiger partial charge in [0.15, 0.2) is 6.29 Å². The summed E-state index contributed by atoms with van der Waals surface area (Å²) in [5.74, 6) is 0.424. The zero-order chi connectivity index (χ0) is 12.8. The van der Waals surface area contributed by atoms with Crippen molar-refractivity contribution < 1.29 is 9.47 Å². The van der Waals surface area contributed by atoms with E-state index in [2.05, 4.69) is 4.98 Å². The Morgan fingerprint density at radius 2 is 1.88 bits per heavy atom. The Morgan fingerprint density at radius 1 is 1.29 bits per heavy atom. The first-order valence-corrected chi connectivity index (χ1v) is 5.80. The summed E-state index contributed by atoms with van der Waals surface area (Å²) in [7, 11) is 0. The number of anilines is 1. The van der Waals surface area contributed by atoms with Gasteiger partial charge >= 0.3 is 0 Å². The molecule has 5 nitrogen and oxygen atoms in total. The molecule has 0 saturated heterocycles. The van der Waals surface area contributed by atoms with Gasteiger partial charge in [-0.2, -0.15) is 0 Å². The van der Waals surface area contributed by atoms with Gasteiger partial charge < -0.3 is 20.9 Å². The number of rotatable bonds is 6. The number of pyridine rings is 1. The van der Waals surface area contributed by atoms with Crippen molar-refractivity contribution in [3.05, 3.63) is 23.4 Å². The average molecular weight is 239 g/mol. The number of nitrogens with zero attached hydrogens (tertiary/aromatic N) is 1. The molecule has 0 spiro atoms. The summed E-state index contributed by atoms with van der Waals surface area (Å²) < 4.78 is 10.9. The van der Waals surface area contributed by atoms with Gasteiger partial charge in [0.05, 0.1) is 6.04 Å². The summed E-state index contributed by atoms with van der Waals surface area (Å²) in [5.41, 5.74) is 13.7. The predicted molar refractivity (Wildman–Crippen MR) is 67.4 cm³/mol. The number of aryl methyl sites for hydroxylation is 1. The summed E-state index contributed by atoms with van der Waals surface area (Å²) in [5, 5.41) is 0. The molecule has 96 valence electrons. The highest BCUT2D eigenvalue weighted by atomic mass is 16.7. The van der Waals surface area contributed by atoms with Gasteiger partial charge in [0, 0.05) is 25.0 Å². The third-order valence-electron chi connectivity index (χ3n) is 2.40. The number of aromatic nitrogens is 1. The molecule has 1 rings (SSSR count). The van der Waals surface area contributed by atoms with Crippen molar-refractivity contribution in [3.63, 3.8) is 0 Å². The van der Waals surface area contributed by atoms with Gasteiger partial charge in [-0.05, 0) is 32.4 Å². The summed E-state index contributed by atoms with van der Waals surface area (Å²) in [4.78, 5) is 4.09. The van der Waals surface area contributed by atoms with Crippen LogP contribution in [0.2, 0.25) is 0 Å². The molecule has 0 aliphatic heterocycles. The quantitative estimate of drug-likeness (QED) is 0.732. The lowest BCUT2D eigenvalue weighted by molar-refractivity contribution is -0.149. The van der Waals surface area contributed by atoms with Crippen molar-refractivity contribution in [1.29, 1.82) is 0 Å². The number of hydrogen-bond donors (Lipinski definition) is 2. The smallest absolute Gasteiger partial charge is 0.176 e. The molecule has 0 saturated carbocycles. The van der Waals surface area contributed by atoms with E-state index in [1.54, 1.807) is 6.20 Å². The highest BCUT2D eigenvalue weighted by Gasteiger charge is 2.22. The van der Waals surface area contributed by atoms with Crippen LogP contribution in [0.15, 0.2) is 12.3 Å². The van der Waals surface area contributed by atoms with Gasteiger partial charge in [0.2, 0.25) is 0 Å². The number of hydrogen-bond acceptors (Lipinski definition) is 5. The van der Waals surface area contributed by atoms with E-state index in [1.807, 2.05) is 26.8 Å². The van der Waals surface area contributed by atoms with Crippen LogP contribution in [0.1, 0.15) is 31.0 Å². The molecule has 1 aromatic rings. The van der Waals surface area contributed by atoms with Crippen LogP contribution in [0.5, 0.6) is 0 Å². The van der Waals surface area contributed by atoms with Crippen molar-refractivity contribution in [2.75, 3.05) is 18.9 Å². The van der Waals surface area contributed by atoms with Gasteiger partial charge in [-0.1, -0.05) is 0 Å². The normalized spacial score (nSPS) is 13.0. The number of nitrogens with two attached hydrogens (primary N) is 2. The Bertz CT molecular complexity index is 352. The first-order chi connectivity index (χ1) is 8.10. The number of ether oxygens (including phenoxy) is 2. The molecule has 0 aliphatic carbocycles. The van der Waals surface area contributed by atoms with Crippen LogP contribution >= 0.6 is 0 Å². The molecule has 0 fully saturated rings. The van der Waals surface area contributed by atoms with Crippen LogP contribution in [0.25, 0.3) is 0 Å². The zero-order valence-corrected chi connectivity index (χ0v) is 10.6. The van der Waals surface area contributed by atoms with Crippen LogP contribution in [-0.4, -0.2) is 24.5 Å². The fraction of sp³-hybridized carbons (Fsp3) is 0.583. The fourth-order valence-corrected chi connectivity index (χ4v) is 1.60. The first kappa shape index (κ1) is 13.9. The van der Waals surface area contributed by atoms with Gasteiger partial charge in [0.25, 0.3) is 0 Å². The summed E-state index contributed by atoms with van der Waals surface area (Å²) in [6.07, 6.45) is 1.22. The highest BCUT2D eigenvalue weighted by molar-refractivity contribution is 5.43. The zero-order valence-electron chi connectivity index (χ0n) is 10.6. The van der Waals surface area contributed by atoms with Crippen molar-refractivity contribution in [2.24, 2.45) is 5.73 Å². The summed E-state index contributed by atoms with van der Waals surface area (Å²) >= 11 is 0. The van der Waals surface area contributed by atoms with Gasteiger partial charge in [-0.3, -0.25) is 0 Å². The Hall–Kier alpha value is -1.17. The molecular weight excluding hydrogens is 218 g/mol. The molecule has 0 amide bonds. The van der Waals surface area contributed by atoms with Crippen molar-refractivity contribution in [3.8, 4) is 0 Å². The average Bonchev–Trinajstić information content (AvgIpc) is 2.31. The molecular formula is C12H21N3O2. The third-order valence-corrected chi connectivity index (χ3v) is 2.40. The Morgan fingerprint density at radius 3 is 2.41 bits per heavy atom. The standard InChI is InChI=1S/C12H21N3O2/c1-4-16-12(17-5-2)10(13)9-6-8(3)7-15-11(9)14/h6-7,10,12H,4-5,13H2,1-3H3,(H2,14,15). The Kier molecular flexibility index (Phi) is 5.34. The summed E-state index contributed by atoms with van der Waals surface area (Å²) in [6, 6.07) is 1.49. The van der Waals surface area contributed by atoms with Gasteiger partial charge in [0.1, 0.15) is 5.82 Å². The van der Waals surface area contributed by atoms with Gasteiger partial charge in [-0.25, -0.2) is 4.98 Å². The molecule has 1 unspecified atom stereocenters. The predicted octanol–water partition coefficient (Wildman–Crippen LogP) is 1.37. The maximum Gasteiger partial charge on any atom is 0.176 e. The van der Waals surface area contributed by atoms with Crippen LogP contribution < -0.4 is 11.5 Å². The molecule has 0 aliphatic rings. The molecule has 0 aromatic carbocycles. The second-order valence-corrected chi connectivity index (χ2v) is 3.79. The largest absolute Gasteiger partial charge is 0.383 e. The molecule has 4 N–H and O–H groups in total. The summed E-state index contributed by atoms with van der Waals surface area (Å²) in [6.45, 7) is 6.82. The van der Waals surface area contributed by atoms with E-state index in [-0.39, 0.29) is 0 Å². The van der Waals surface area contributed by atoms with E-state index in [0.29, 0.717) is 19.0 Å². The lowest BCUT2D eigenvalue weighted by Crippen LogP contribution is -2.32. The van der Waals surface area contributed by atoms with Crippen LogP contribution in [0, 0.1) is 6.92 Å². The third kappa shape index (κ3) is 3.66. The van der Waals surface area contributed by atoms with Crippen LogP contribution in [0.4, 0.5) is 5.82 Å². The first-order valence-electron chi connectivity index (χ1n) is 5.80. The van der Waals surface area contributed by atoms with E-state index < -0.39 is 12.3 Å². The molecule has 17 heavy (non-hydrogen) atoms. The lowest BCUT2D eigenvalue weighted by Gasteiger charge is -2.24. The molecule has 1 aromatic heterocycles. The van der Waals surface area contributed by atoms with Crippen molar-refractivity contribution in [1.82, 2.24) is 4.98 Å². The van der Waals surface area contributed by atoms with E-state index in [9.17, 15) is 0 Å². The topological polar surface area (TPSA) is 83.4 Å². The molecule has 1 heterocycles. The fourth-order valence-electron chi connectivity index (χ4n) is 1.60. The second-order valence-electron chi connectivity index (χ2n) is 3.79. The SMILES string of the molecule is CCOC(OCC)C(N)c1cc(C)cnc1N. The molecule has 1 atom stereocenters. The van der Waals surface area contributed by atoms with E-state index >= 15 is 0 Å². The molecule has 0 radical (unpaired) electrons. The Labute approximate surface area is 102 Å². The second kappa shape index (κ2) is 6.54. The van der Waals surface area contributed by atoms with Crippen LogP contribution in [-0.2, 0) is 9.47 Å². The van der Waals surface area contributed by atoms with E-state index in [4.69, 9.17) is 20.9 Å². The lowest BCUT2D eigenvalue weighted by atomic mass is 10.1. The highest BCUT2D eigenvalue weighted by Crippen LogP contribution is 2.22. The molecule has 0 bridgehead atoms. The van der Waals surface area contributed by atoms with Crippen molar-refractivity contribution in [2.45, 2.75) is 33.1 Å². The maximum absolute atomic E-state index is 6.11. The molecule has 5 heteroatoms. The van der Waals surface area contributed by atoms with E-state index in [1.165, 1.54) is 0 Å². The minimum atomic E-state index is -0.490. The van der Waals surface area contributed by atoms with Crippen LogP contribution in [0.3, 0.4) is 0 Å². The minimum Gasteiger partial charge on any atom is -0.383 e. The Balaban J connectivity index is 2.91.